The number of methoxy groups -OCH3 is 1. The van der Waals surface area contributed by atoms with Crippen molar-refractivity contribution in [3.05, 3.63) is 28.2 Å². The first kappa shape index (κ1) is 11.9. The highest BCUT2D eigenvalue weighted by molar-refractivity contribution is 9.10. The third-order valence-electron chi connectivity index (χ3n) is 3.21. The number of benzene rings is 1. The molecule has 0 saturated carbocycles. The van der Waals surface area contributed by atoms with Gasteiger partial charge in [-0.1, -0.05) is 15.9 Å². The zero-order valence-electron chi connectivity index (χ0n) is 9.63. The Morgan fingerprint density at radius 1 is 1.38 bits per heavy atom. The molecule has 0 amide bonds. The van der Waals surface area contributed by atoms with Crippen LogP contribution in [-0.4, -0.2) is 20.2 Å². The van der Waals surface area contributed by atoms with Gasteiger partial charge in [0.25, 0.3) is 0 Å². The molecule has 0 spiro atoms. The van der Waals surface area contributed by atoms with Crippen molar-refractivity contribution in [2.45, 2.75) is 19.3 Å². The molecule has 1 heterocycles. The first-order valence-electron chi connectivity index (χ1n) is 5.82. The number of halogens is 1. The Balaban J connectivity index is 2.09. The van der Waals surface area contributed by atoms with E-state index in [1.54, 1.807) is 7.11 Å². The maximum atomic E-state index is 5.41. The standard InChI is InChI=1S/C13H18BrNO/c1-16-13-3-2-12(14)9-11(13)8-10-4-6-15-7-5-10/h2-3,9-10,15H,4-8H2,1H3. The molecule has 3 heteroatoms. The monoisotopic (exact) mass is 283 g/mol. The van der Waals surface area contributed by atoms with Crippen molar-refractivity contribution in [3.63, 3.8) is 0 Å². The van der Waals surface area contributed by atoms with E-state index in [1.807, 2.05) is 12.1 Å². The Morgan fingerprint density at radius 3 is 2.81 bits per heavy atom. The predicted octanol–water partition coefficient (Wildman–Crippen LogP) is 3.00. The summed E-state index contributed by atoms with van der Waals surface area (Å²) in [6.07, 6.45) is 3.68. The van der Waals surface area contributed by atoms with Gasteiger partial charge in [0.05, 0.1) is 7.11 Å². The van der Waals surface area contributed by atoms with Gasteiger partial charge in [0.15, 0.2) is 0 Å². The molecule has 1 fully saturated rings. The normalized spacial score (nSPS) is 17.4. The van der Waals surface area contributed by atoms with Crippen molar-refractivity contribution < 1.29 is 4.74 Å². The molecule has 0 radical (unpaired) electrons. The molecule has 0 atom stereocenters. The summed E-state index contributed by atoms with van der Waals surface area (Å²) in [5.74, 6) is 1.81. The third kappa shape index (κ3) is 2.98. The third-order valence-corrected chi connectivity index (χ3v) is 3.70. The molecule has 1 aromatic carbocycles. The molecule has 1 aromatic rings. The van der Waals surface area contributed by atoms with E-state index in [0.29, 0.717) is 0 Å². The average molecular weight is 284 g/mol. The smallest absolute Gasteiger partial charge is 0.122 e. The molecule has 0 aliphatic carbocycles. The molecule has 2 rings (SSSR count). The van der Waals surface area contributed by atoms with E-state index >= 15 is 0 Å². The van der Waals surface area contributed by atoms with Crippen molar-refractivity contribution in [2.75, 3.05) is 20.2 Å². The van der Waals surface area contributed by atoms with E-state index in [2.05, 4.69) is 27.3 Å². The van der Waals surface area contributed by atoms with Gasteiger partial charge in [-0.15, -0.1) is 0 Å². The topological polar surface area (TPSA) is 21.3 Å². The Morgan fingerprint density at radius 2 is 2.12 bits per heavy atom. The van der Waals surface area contributed by atoms with E-state index in [9.17, 15) is 0 Å². The Hall–Kier alpha value is -0.540. The van der Waals surface area contributed by atoms with Crippen molar-refractivity contribution in [2.24, 2.45) is 5.92 Å². The van der Waals surface area contributed by atoms with Crippen molar-refractivity contribution in [3.8, 4) is 5.75 Å². The highest BCUT2D eigenvalue weighted by atomic mass is 79.9. The lowest BCUT2D eigenvalue weighted by Gasteiger charge is -2.23. The molecule has 1 saturated heterocycles. The van der Waals surface area contributed by atoms with Crippen molar-refractivity contribution in [1.82, 2.24) is 5.32 Å². The van der Waals surface area contributed by atoms with Crippen LogP contribution in [-0.2, 0) is 6.42 Å². The van der Waals surface area contributed by atoms with Gasteiger partial charge in [0.1, 0.15) is 5.75 Å². The second-order valence-electron chi connectivity index (χ2n) is 4.35. The first-order chi connectivity index (χ1) is 7.79. The molecule has 1 aliphatic rings. The van der Waals surface area contributed by atoms with Gasteiger partial charge in [0.2, 0.25) is 0 Å². The van der Waals surface area contributed by atoms with Crippen LogP contribution < -0.4 is 10.1 Å². The van der Waals surface area contributed by atoms with Crippen LogP contribution in [0.3, 0.4) is 0 Å². The average Bonchev–Trinajstić information content (AvgIpc) is 2.31. The minimum absolute atomic E-state index is 0.796. The van der Waals surface area contributed by atoms with Gasteiger partial charge in [-0.2, -0.15) is 0 Å². The minimum atomic E-state index is 0.796. The van der Waals surface area contributed by atoms with Crippen LogP contribution in [0.15, 0.2) is 22.7 Å². The second-order valence-corrected chi connectivity index (χ2v) is 5.27. The largest absolute Gasteiger partial charge is 0.496 e. The number of ether oxygens (including phenoxy) is 1. The van der Waals surface area contributed by atoms with E-state index in [-0.39, 0.29) is 0 Å². The number of piperidine rings is 1. The molecular formula is C13H18BrNO. The summed E-state index contributed by atoms with van der Waals surface area (Å²) in [5, 5.41) is 3.40. The summed E-state index contributed by atoms with van der Waals surface area (Å²) in [4.78, 5) is 0. The lowest BCUT2D eigenvalue weighted by atomic mass is 9.91. The Kier molecular flexibility index (Phi) is 4.24. The molecule has 0 unspecified atom stereocenters. The zero-order chi connectivity index (χ0) is 11.4. The van der Waals surface area contributed by atoms with Crippen LogP contribution in [0.1, 0.15) is 18.4 Å². The summed E-state index contributed by atoms with van der Waals surface area (Å²) >= 11 is 3.52. The lowest BCUT2D eigenvalue weighted by Crippen LogP contribution is -2.28. The molecule has 0 bridgehead atoms. The fourth-order valence-corrected chi connectivity index (χ4v) is 2.71. The summed E-state index contributed by atoms with van der Waals surface area (Å²) in [6, 6.07) is 6.26. The van der Waals surface area contributed by atoms with E-state index < -0.39 is 0 Å². The highest BCUT2D eigenvalue weighted by Crippen LogP contribution is 2.27. The van der Waals surface area contributed by atoms with Crippen LogP contribution in [0.2, 0.25) is 0 Å². The number of nitrogens with one attached hydrogen (secondary N) is 1. The van der Waals surface area contributed by atoms with Gasteiger partial charge < -0.3 is 10.1 Å². The van der Waals surface area contributed by atoms with Crippen LogP contribution in [0.25, 0.3) is 0 Å². The molecule has 1 N–H and O–H groups in total. The number of hydrogen-bond acceptors (Lipinski definition) is 2. The molecule has 88 valence electrons. The molecular weight excluding hydrogens is 266 g/mol. The first-order valence-corrected chi connectivity index (χ1v) is 6.62. The Labute approximate surface area is 106 Å². The maximum absolute atomic E-state index is 5.41. The molecule has 16 heavy (non-hydrogen) atoms. The van der Waals surface area contributed by atoms with Crippen LogP contribution in [0.4, 0.5) is 0 Å². The highest BCUT2D eigenvalue weighted by Gasteiger charge is 2.15. The van der Waals surface area contributed by atoms with Gasteiger partial charge in [-0.25, -0.2) is 0 Å². The van der Waals surface area contributed by atoms with E-state index in [1.165, 1.54) is 18.4 Å². The van der Waals surface area contributed by atoms with E-state index in [4.69, 9.17) is 4.74 Å². The summed E-state index contributed by atoms with van der Waals surface area (Å²) in [7, 11) is 1.75. The van der Waals surface area contributed by atoms with Gasteiger partial charge in [0, 0.05) is 4.47 Å². The van der Waals surface area contributed by atoms with Gasteiger partial charge >= 0.3 is 0 Å². The molecule has 1 aliphatic heterocycles. The quantitative estimate of drug-likeness (QED) is 0.921. The fourth-order valence-electron chi connectivity index (χ4n) is 2.30. The number of rotatable bonds is 3. The minimum Gasteiger partial charge on any atom is -0.496 e. The lowest BCUT2D eigenvalue weighted by molar-refractivity contribution is 0.361. The molecule has 2 nitrogen and oxygen atoms in total. The van der Waals surface area contributed by atoms with Gasteiger partial charge in [-0.05, 0) is 62.0 Å². The summed E-state index contributed by atoms with van der Waals surface area (Å²) in [6.45, 7) is 2.31. The Bertz CT molecular complexity index is 348. The van der Waals surface area contributed by atoms with Crippen LogP contribution in [0.5, 0.6) is 5.75 Å². The summed E-state index contributed by atoms with van der Waals surface area (Å²) in [5.41, 5.74) is 1.32. The maximum Gasteiger partial charge on any atom is 0.122 e. The van der Waals surface area contributed by atoms with E-state index in [0.717, 1.165) is 35.7 Å². The zero-order valence-corrected chi connectivity index (χ0v) is 11.2. The SMILES string of the molecule is COc1ccc(Br)cc1CC1CCNCC1. The molecule has 0 aromatic heterocycles. The van der Waals surface area contributed by atoms with Crippen molar-refractivity contribution in [1.29, 1.82) is 0 Å². The number of hydrogen-bond donors (Lipinski definition) is 1. The van der Waals surface area contributed by atoms with Crippen molar-refractivity contribution >= 4 is 15.9 Å². The predicted molar refractivity (Wildman–Crippen MR) is 70.0 cm³/mol. The van der Waals surface area contributed by atoms with Crippen LogP contribution in [0, 0.1) is 5.92 Å². The second kappa shape index (κ2) is 5.69. The fraction of sp³-hybridized carbons (Fsp3) is 0.538. The van der Waals surface area contributed by atoms with Crippen LogP contribution >= 0.6 is 15.9 Å². The summed E-state index contributed by atoms with van der Waals surface area (Å²) < 4.78 is 6.54. The van der Waals surface area contributed by atoms with Gasteiger partial charge in [-0.3, -0.25) is 0 Å².